The molecule has 0 aromatic heterocycles. The van der Waals surface area contributed by atoms with Gasteiger partial charge in [-0.3, -0.25) is 9.69 Å². The lowest BCUT2D eigenvalue weighted by atomic mass is 9.80. The van der Waals surface area contributed by atoms with Gasteiger partial charge in [0.05, 0.1) is 6.04 Å². The number of piperidine rings is 3. The minimum absolute atomic E-state index is 0. The number of carbonyl (C=O) groups excluding carboxylic acids is 1. The Morgan fingerprint density at radius 3 is 2.29 bits per heavy atom. The molecule has 0 spiro atoms. The number of ketones is 1. The van der Waals surface area contributed by atoms with Gasteiger partial charge in [0.25, 0.3) is 0 Å². The van der Waals surface area contributed by atoms with Gasteiger partial charge in [0.2, 0.25) is 0 Å². The van der Waals surface area contributed by atoms with E-state index in [1.165, 1.54) is 5.56 Å². The summed E-state index contributed by atoms with van der Waals surface area (Å²) in [7, 11) is 0. The second-order valence-electron chi connectivity index (χ2n) is 5.86. The molecule has 2 N–H and O–H groups in total. The molecule has 3 heterocycles. The minimum atomic E-state index is 0. The lowest BCUT2D eigenvalue weighted by Gasteiger charge is -2.44. The van der Waals surface area contributed by atoms with Crippen LogP contribution in [-0.4, -0.2) is 29.8 Å². The SMILES string of the molecule is Cl.Cl.Nc1ccc(CCCC2C(=O)C3CCN2CC3)cc1. The number of aryl methyl sites for hydroxylation is 1. The lowest BCUT2D eigenvalue weighted by molar-refractivity contribution is -0.137. The summed E-state index contributed by atoms with van der Waals surface area (Å²) in [5.41, 5.74) is 7.81. The number of fused-ring (bicyclic) bond motifs is 3. The normalized spacial score (nSPS) is 26.9. The Morgan fingerprint density at radius 2 is 1.71 bits per heavy atom. The number of nitrogens with two attached hydrogens (primary N) is 1. The molecule has 0 amide bonds. The number of anilines is 1. The van der Waals surface area contributed by atoms with Gasteiger partial charge in [0.15, 0.2) is 5.78 Å². The van der Waals surface area contributed by atoms with Gasteiger partial charge in [0.1, 0.15) is 0 Å². The van der Waals surface area contributed by atoms with Crippen molar-refractivity contribution in [3.05, 3.63) is 29.8 Å². The van der Waals surface area contributed by atoms with Crippen molar-refractivity contribution in [1.82, 2.24) is 4.90 Å². The average molecular weight is 331 g/mol. The van der Waals surface area contributed by atoms with Crippen LogP contribution in [0.4, 0.5) is 5.69 Å². The Labute approximate surface area is 139 Å². The molecule has 3 saturated heterocycles. The van der Waals surface area contributed by atoms with Crippen molar-refractivity contribution < 1.29 is 4.79 Å². The first-order valence-corrected chi connectivity index (χ1v) is 7.36. The third-order valence-electron chi connectivity index (χ3n) is 4.62. The number of Topliss-reactive ketones (excluding diaryl/α,β-unsaturated/α-hetero) is 1. The summed E-state index contributed by atoms with van der Waals surface area (Å²) in [6.07, 6.45) is 5.33. The fraction of sp³-hybridized carbons (Fsp3) is 0.562. The van der Waals surface area contributed by atoms with E-state index < -0.39 is 0 Å². The standard InChI is InChI=1S/C16H22N2O.2ClH/c17-14-6-4-12(5-7-14)2-1-3-15-16(19)13-8-10-18(15)11-9-13;;/h4-7,13,15H,1-3,8-11,17H2;2*1H. The van der Waals surface area contributed by atoms with Gasteiger partial charge in [0, 0.05) is 11.6 Å². The molecule has 0 saturated carbocycles. The number of hydrogen-bond donors (Lipinski definition) is 1. The predicted molar refractivity (Wildman–Crippen MR) is 91.4 cm³/mol. The molecule has 0 aliphatic carbocycles. The number of benzene rings is 1. The van der Waals surface area contributed by atoms with Crippen LogP contribution in [-0.2, 0) is 11.2 Å². The highest BCUT2D eigenvalue weighted by molar-refractivity contribution is 5.87. The smallest absolute Gasteiger partial charge is 0.153 e. The fourth-order valence-electron chi connectivity index (χ4n) is 3.46. The average Bonchev–Trinajstić information content (AvgIpc) is 2.45. The molecule has 5 heteroatoms. The molecule has 21 heavy (non-hydrogen) atoms. The van der Waals surface area contributed by atoms with Crippen LogP contribution in [0.2, 0.25) is 0 Å². The van der Waals surface area contributed by atoms with Crippen molar-refractivity contribution in [3.8, 4) is 0 Å². The summed E-state index contributed by atoms with van der Waals surface area (Å²) in [5.74, 6) is 0.876. The van der Waals surface area contributed by atoms with Crippen LogP contribution in [0.25, 0.3) is 0 Å². The molecule has 3 fully saturated rings. The molecule has 1 atom stereocenters. The van der Waals surface area contributed by atoms with E-state index in [2.05, 4.69) is 17.0 Å². The minimum Gasteiger partial charge on any atom is -0.399 e. The van der Waals surface area contributed by atoms with Crippen molar-refractivity contribution in [1.29, 1.82) is 0 Å². The Morgan fingerprint density at radius 1 is 1.10 bits per heavy atom. The molecule has 3 aliphatic rings. The lowest BCUT2D eigenvalue weighted by Crippen LogP contribution is -2.55. The van der Waals surface area contributed by atoms with Crippen LogP contribution < -0.4 is 5.73 Å². The first-order valence-electron chi connectivity index (χ1n) is 7.36. The Hall–Kier alpha value is -0.770. The number of halogens is 2. The molecular formula is C16H24Cl2N2O. The second kappa shape index (κ2) is 8.02. The highest BCUT2D eigenvalue weighted by Crippen LogP contribution is 2.31. The number of rotatable bonds is 4. The van der Waals surface area contributed by atoms with Gasteiger partial charge in [-0.25, -0.2) is 0 Å². The maximum atomic E-state index is 12.2. The van der Waals surface area contributed by atoms with Crippen LogP contribution in [0.1, 0.15) is 31.2 Å². The summed E-state index contributed by atoms with van der Waals surface area (Å²) in [6.45, 7) is 2.26. The van der Waals surface area contributed by atoms with E-state index in [0.29, 0.717) is 11.7 Å². The molecule has 0 radical (unpaired) electrons. The van der Waals surface area contributed by atoms with E-state index in [4.69, 9.17) is 5.73 Å². The zero-order valence-corrected chi connectivity index (χ0v) is 13.8. The van der Waals surface area contributed by atoms with E-state index in [-0.39, 0.29) is 30.9 Å². The van der Waals surface area contributed by atoms with Crippen molar-refractivity contribution in [2.24, 2.45) is 5.92 Å². The van der Waals surface area contributed by atoms with Crippen LogP contribution in [0, 0.1) is 5.92 Å². The van der Waals surface area contributed by atoms with Gasteiger partial charge in [-0.2, -0.15) is 0 Å². The molecule has 4 rings (SSSR count). The quantitative estimate of drug-likeness (QED) is 0.863. The summed E-state index contributed by atoms with van der Waals surface area (Å²) in [5, 5.41) is 0. The summed E-state index contributed by atoms with van der Waals surface area (Å²) >= 11 is 0. The molecule has 2 bridgehead atoms. The number of nitrogen functional groups attached to an aromatic ring is 1. The van der Waals surface area contributed by atoms with E-state index in [9.17, 15) is 4.79 Å². The van der Waals surface area contributed by atoms with Crippen LogP contribution in [0.3, 0.4) is 0 Å². The zero-order valence-electron chi connectivity index (χ0n) is 12.2. The Bertz CT molecular complexity index is 456. The number of carbonyl (C=O) groups is 1. The van der Waals surface area contributed by atoms with Gasteiger partial charge in [-0.15, -0.1) is 24.8 Å². The highest BCUT2D eigenvalue weighted by Gasteiger charge is 2.40. The van der Waals surface area contributed by atoms with Gasteiger partial charge < -0.3 is 5.73 Å². The van der Waals surface area contributed by atoms with Crippen molar-refractivity contribution >= 4 is 36.3 Å². The topological polar surface area (TPSA) is 46.3 Å². The van der Waals surface area contributed by atoms with Crippen molar-refractivity contribution in [2.75, 3.05) is 18.8 Å². The van der Waals surface area contributed by atoms with Crippen molar-refractivity contribution in [3.63, 3.8) is 0 Å². The number of nitrogens with zero attached hydrogens (tertiary/aromatic N) is 1. The first-order chi connectivity index (χ1) is 9.24. The van der Waals surface area contributed by atoms with E-state index in [1.54, 1.807) is 0 Å². The van der Waals surface area contributed by atoms with Crippen LogP contribution in [0.5, 0.6) is 0 Å². The summed E-state index contributed by atoms with van der Waals surface area (Å²) < 4.78 is 0. The van der Waals surface area contributed by atoms with Crippen LogP contribution in [0.15, 0.2) is 24.3 Å². The molecular weight excluding hydrogens is 307 g/mol. The maximum absolute atomic E-state index is 12.2. The van der Waals surface area contributed by atoms with Crippen molar-refractivity contribution in [2.45, 2.75) is 38.1 Å². The van der Waals surface area contributed by atoms with Gasteiger partial charge >= 0.3 is 0 Å². The molecule has 3 nitrogen and oxygen atoms in total. The van der Waals surface area contributed by atoms with E-state index in [1.807, 2.05) is 12.1 Å². The van der Waals surface area contributed by atoms with Gasteiger partial charge in [-0.1, -0.05) is 12.1 Å². The highest BCUT2D eigenvalue weighted by atomic mass is 35.5. The van der Waals surface area contributed by atoms with Gasteiger partial charge in [-0.05, 0) is 62.9 Å². The Balaban J connectivity index is 0.00000110. The second-order valence-corrected chi connectivity index (χ2v) is 5.86. The van der Waals surface area contributed by atoms with Crippen LogP contribution >= 0.6 is 24.8 Å². The molecule has 1 aromatic carbocycles. The summed E-state index contributed by atoms with van der Waals surface area (Å²) in [4.78, 5) is 14.6. The molecule has 1 aromatic rings. The molecule has 3 aliphatic heterocycles. The predicted octanol–water partition coefficient (Wildman–Crippen LogP) is 3.10. The fourth-order valence-corrected chi connectivity index (χ4v) is 3.46. The maximum Gasteiger partial charge on any atom is 0.153 e. The molecule has 1 unspecified atom stereocenters. The third-order valence-corrected chi connectivity index (χ3v) is 4.62. The van der Waals surface area contributed by atoms with E-state index >= 15 is 0 Å². The first kappa shape index (κ1) is 18.3. The van der Waals surface area contributed by atoms with E-state index in [0.717, 1.165) is 50.9 Å². The zero-order chi connectivity index (χ0) is 13.2. The largest absolute Gasteiger partial charge is 0.399 e. The summed E-state index contributed by atoms with van der Waals surface area (Å²) in [6, 6.07) is 8.29. The third kappa shape index (κ3) is 4.12. The number of hydrogen-bond acceptors (Lipinski definition) is 3. The monoisotopic (exact) mass is 330 g/mol. The Kier molecular flexibility index (Phi) is 6.98. The molecule has 118 valence electrons.